The molecule has 3 aliphatic rings. The molecule has 2 fully saturated rings. The van der Waals surface area contributed by atoms with Crippen LogP contribution in [-0.2, 0) is 10.2 Å². The molecule has 30 heavy (non-hydrogen) atoms. The summed E-state index contributed by atoms with van der Waals surface area (Å²) >= 11 is 0. The molecule has 0 radical (unpaired) electrons. The fourth-order valence-corrected chi connectivity index (χ4v) is 6.81. The molecule has 6 heteroatoms. The lowest BCUT2D eigenvalue weighted by molar-refractivity contribution is -0.131. The molecule has 1 saturated heterocycles. The van der Waals surface area contributed by atoms with Crippen molar-refractivity contribution in [3.05, 3.63) is 47.2 Å². The van der Waals surface area contributed by atoms with Gasteiger partial charge in [-0.25, -0.2) is 8.78 Å². The quantitative estimate of drug-likeness (QED) is 0.711. The Bertz CT molecular complexity index is 1020. The van der Waals surface area contributed by atoms with Crippen molar-refractivity contribution in [3.8, 4) is 11.3 Å². The van der Waals surface area contributed by atoms with Crippen LogP contribution >= 0.6 is 0 Å². The summed E-state index contributed by atoms with van der Waals surface area (Å²) in [6.45, 7) is 7.79. The Balaban J connectivity index is 1.62. The van der Waals surface area contributed by atoms with Crippen molar-refractivity contribution in [1.82, 2.24) is 15.1 Å². The summed E-state index contributed by atoms with van der Waals surface area (Å²) in [5.74, 6) is -0.513. The van der Waals surface area contributed by atoms with Gasteiger partial charge in [-0.05, 0) is 66.7 Å². The van der Waals surface area contributed by atoms with Crippen molar-refractivity contribution in [2.75, 3.05) is 13.1 Å². The van der Waals surface area contributed by atoms with E-state index < -0.39 is 11.6 Å². The van der Waals surface area contributed by atoms with Crippen LogP contribution in [0.1, 0.15) is 63.6 Å². The van der Waals surface area contributed by atoms with Gasteiger partial charge in [0.05, 0.1) is 17.0 Å². The van der Waals surface area contributed by atoms with Crippen molar-refractivity contribution in [3.63, 3.8) is 0 Å². The predicted octanol–water partition coefficient (Wildman–Crippen LogP) is 4.84. The van der Waals surface area contributed by atoms with Crippen molar-refractivity contribution in [2.24, 2.45) is 11.3 Å². The number of halogens is 2. The number of likely N-dealkylation sites (tertiary alicyclic amines) is 1. The van der Waals surface area contributed by atoms with E-state index in [2.05, 4.69) is 24.0 Å². The summed E-state index contributed by atoms with van der Waals surface area (Å²) in [5, 5.41) is 8.94. The van der Waals surface area contributed by atoms with Gasteiger partial charge in [0.15, 0.2) is 0 Å². The van der Waals surface area contributed by atoms with Gasteiger partial charge in [-0.3, -0.25) is 4.79 Å². The second-order valence-corrected chi connectivity index (χ2v) is 9.72. The summed E-state index contributed by atoms with van der Waals surface area (Å²) in [4.78, 5) is 14.0. The third-order valence-electron chi connectivity index (χ3n) is 8.25. The van der Waals surface area contributed by atoms with Crippen LogP contribution in [0, 0.1) is 23.0 Å². The Hall–Kier alpha value is -2.37. The molecule has 2 aromatic rings. The second-order valence-electron chi connectivity index (χ2n) is 9.72. The normalized spacial score (nSPS) is 29.2. The standard InChI is InChI=1S/C24H27F2N3O/c1-14(30)29-11-5-6-15(13-29)24-10-9-17(23(24,2)3)16-12-20(27-28-22(16)24)21-18(25)7-4-8-19(21)26/h4,7-8,12,15,17H,5-6,9-11,13H2,1-3H3/t15-,17-,24-/m0/s1. The van der Waals surface area contributed by atoms with E-state index in [-0.39, 0.29) is 33.9 Å². The van der Waals surface area contributed by atoms with E-state index in [1.54, 1.807) is 6.92 Å². The molecule has 1 aromatic carbocycles. The first-order chi connectivity index (χ1) is 14.3. The number of amides is 1. The minimum atomic E-state index is -0.620. The zero-order valence-corrected chi connectivity index (χ0v) is 17.7. The summed E-state index contributed by atoms with van der Waals surface area (Å²) in [6.07, 6.45) is 4.11. The van der Waals surface area contributed by atoms with E-state index in [0.717, 1.165) is 50.0 Å². The highest BCUT2D eigenvalue weighted by molar-refractivity contribution is 5.73. The number of hydrogen-bond acceptors (Lipinski definition) is 3. The Kier molecular flexibility index (Phi) is 4.28. The fourth-order valence-electron chi connectivity index (χ4n) is 6.81. The zero-order valence-electron chi connectivity index (χ0n) is 17.7. The zero-order chi connectivity index (χ0) is 21.3. The van der Waals surface area contributed by atoms with Crippen LogP contribution < -0.4 is 0 Å². The number of hydrogen-bond donors (Lipinski definition) is 0. The van der Waals surface area contributed by atoms with Crippen LogP contribution in [0.4, 0.5) is 8.78 Å². The van der Waals surface area contributed by atoms with E-state index in [9.17, 15) is 13.6 Å². The molecule has 3 atom stereocenters. The third kappa shape index (κ3) is 2.45. The largest absolute Gasteiger partial charge is 0.343 e. The molecule has 2 heterocycles. The number of carbonyl (C=O) groups excluding carboxylic acids is 1. The van der Waals surface area contributed by atoms with Gasteiger partial charge >= 0.3 is 0 Å². The van der Waals surface area contributed by atoms with Crippen LogP contribution in [-0.4, -0.2) is 34.1 Å². The molecular formula is C24H27F2N3O. The van der Waals surface area contributed by atoms with Crippen LogP contribution in [0.5, 0.6) is 0 Å². The van der Waals surface area contributed by atoms with E-state index in [1.165, 1.54) is 18.2 Å². The number of fused-ring (bicyclic) bond motifs is 5. The molecule has 0 N–H and O–H groups in total. The van der Waals surface area contributed by atoms with E-state index in [0.29, 0.717) is 5.92 Å². The molecule has 2 aliphatic carbocycles. The van der Waals surface area contributed by atoms with Crippen molar-refractivity contribution in [2.45, 2.75) is 57.8 Å². The maximum absolute atomic E-state index is 14.4. The van der Waals surface area contributed by atoms with Crippen LogP contribution in [0.2, 0.25) is 0 Å². The first-order valence-corrected chi connectivity index (χ1v) is 10.9. The smallest absolute Gasteiger partial charge is 0.219 e. The molecule has 1 amide bonds. The Morgan fingerprint density at radius 3 is 2.60 bits per heavy atom. The molecule has 1 aromatic heterocycles. The molecule has 1 saturated carbocycles. The Morgan fingerprint density at radius 2 is 1.90 bits per heavy atom. The summed E-state index contributed by atoms with van der Waals surface area (Å²) < 4.78 is 28.7. The van der Waals surface area contributed by atoms with Gasteiger partial charge in [-0.1, -0.05) is 19.9 Å². The number of piperidine rings is 1. The lowest BCUT2D eigenvalue weighted by Gasteiger charge is -2.48. The molecule has 158 valence electrons. The number of benzene rings is 1. The van der Waals surface area contributed by atoms with E-state index in [1.807, 2.05) is 11.0 Å². The van der Waals surface area contributed by atoms with Gasteiger partial charge in [0, 0.05) is 25.4 Å². The first-order valence-electron chi connectivity index (χ1n) is 10.9. The van der Waals surface area contributed by atoms with Crippen LogP contribution in [0.25, 0.3) is 11.3 Å². The van der Waals surface area contributed by atoms with Gasteiger partial charge in [-0.2, -0.15) is 10.2 Å². The molecule has 1 aliphatic heterocycles. The number of rotatable bonds is 2. The fraction of sp³-hybridized carbons (Fsp3) is 0.542. The number of nitrogens with zero attached hydrogens (tertiary/aromatic N) is 3. The van der Waals surface area contributed by atoms with E-state index in [4.69, 9.17) is 0 Å². The molecule has 0 unspecified atom stereocenters. The average Bonchev–Trinajstić information content (AvgIpc) is 3.09. The minimum Gasteiger partial charge on any atom is -0.343 e. The predicted molar refractivity (Wildman–Crippen MR) is 110 cm³/mol. The molecular weight excluding hydrogens is 384 g/mol. The van der Waals surface area contributed by atoms with Crippen molar-refractivity contribution in [1.29, 1.82) is 0 Å². The van der Waals surface area contributed by atoms with Gasteiger partial charge in [-0.15, -0.1) is 0 Å². The lowest BCUT2D eigenvalue weighted by Crippen LogP contribution is -2.51. The first kappa shape index (κ1) is 19.6. The third-order valence-corrected chi connectivity index (χ3v) is 8.25. The second kappa shape index (κ2) is 6.56. The summed E-state index contributed by atoms with van der Waals surface area (Å²) in [5.41, 5.74) is 2.03. The lowest BCUT2D eigenvalue weighted by atomic mass is 9.59. The number of carbonyl (C=O) groups is 1. The molecule has 4 nitrogen and oxygen atoms in total. The Morgan fingerprint density at radius 1 is 1.17 bits per heavy atom. The topological polar surface area (TPSA) is 46.1 Å². The average molecular weight is 411 g/mol. The minimum absolute atomic E-state index is 0.0408. The maximum atomic E-state index is 14.4. The molecule has 5 rings (SSSR count). The van der Waals surface area contributed by atoms with Gasteiger partial charge in [0.25, 0.3) is 0 Å². The van der Waals surface area contributed by atoms with Gasteiger partial charge < -0.3 is 4.90 Å². The van der Waals surface area contributed by atoms with E-state index >= 15 is 0 Å². The number of aromatic nitrogens is 2. The highest BCUT2D eigenvalue weighted by Crippen LogP contribution is 2.70. The SMILES string of the molecule is CC(=O)N1CCC[C@H]([C@@]23CC[C@@H](c4cc(-c5c(F)cccc5F)nnc42)C3(C)C)C1. The van der Waals surface area contributed by atoms with Crippen molar-refractivity contribution >= 4 is 5.91 Å². The summed E-state index contributed by atoms with van der Waals surface area (Å²) in [6, 6.07) is 5.73. The Labute approximate surface area is 175 Å². The van der Waals surface area contributed by atoms with Crippen LogP contribution in [0.3, 0.4) is 0 Å². The maximum Gasteiger partial charge on any atom is 0.219 e. The van der Waals surface area contributed by atoms with Crippen molar-refractivity contribution < 1.29 is 13.6 Å². The highest BCUT2D eigenvalue weighted by atomic mass is 19.1. The monoisotopic (exact) mass is 411 g/mol. The summed E-state index contributed by atoms with van der Waals surface area (Å²) in [7, 11) is 0. The molecule has 0 spiro atoms. The molecule has 2 bridgehead atoms. The van der Waals surface area contributed by atoms with Gasteiger partial charge in [0.2, 0.25) is 5.91 Å². The van der Waals surface area contributed by atoms with Gasteiger partial charge in [0.1, 0.15) is 11.6 Å². The van der Waals surface area contributed by atoms with Crippen LogP contribution in [0.15, 0.2) is 24.3 Å². The highest BCUT2D eigenvalue weighted by Gasteiger charge is 2.66.